The molecule has 0 unspecified atom stereocenters. The molecule has 0 amide bonds. The number of fused-ring (bicyclic) bond motifs is 2. The number of nitrogens with one attached hydrogen (secondary N) is 1. The van der Waals surface area contributed by atoms with Crippen LogP contribution in [0, 0.1) is 5.82 Å². The lowest BCUT2D eigenvalue weighted by molar-refractivity contribution is 0.479. The number of hydrogen-bond acceptors (Lipinski definition) is 7. The summed E-state index contributed by atoms with van der Waals surface area (Å²) in [4.78, 5) is 10.5. The molecule has 0 saturated heterocycles. The number of aromatic nitrogens is 4. The van der Waals surface area contributed by atoms with Gasteiger partial charge in [-0.1, -0.05) is 37.1 Å². The van der Waals surface area contributed by atoms with Crippen LogP contribution in [0.15, 0.2) is 65.8 Å². The first-order valence-corrected chi connectivity index (χ1v) is 14.2. The van der Waals surface area contributed by atoms with Crippen molar-refractivity contribution < 1.29 is 12.8 Å². The van der Waals surface area contributed by atoms with E-state index in [1.165, 1.54) is 24.5 Å². The van der Waals surface area contributed by atoms with Gasteiger partial charge in [-0.25, -0.2) is 27.5 Å². The summed E-state index contributed by atoms with van der Waals surface area (Å²) >= 11 is 0. The molecule has 6 rings (SSSR count). The van der Waals surface area contributed by atoms with E-state index in [1.54, 1.807) is 18.2 Å². The molecule has 1 aliphatic rings. The summed E-state index contributed by atoms with van der Waals surface area (Å²) in [5, 5.41) is 6.65. The maximum Gasteiger partial charge on any atom is 0.262 e. The quantitative estimate of drug-likeness (QED) is 0.295. The van der Waals surface area contributed by atoms with Gasteiger partial charge in [0.25, 0.3) is 10.0 Å². The van der Waals surface area contributed by atoms with Crippen molar-refractivity contribution in [1.29, 1.82) is 0 Å². The van der Waals surface area contributed by atoms with Gasteiger partial charge in [0.2, 0.25) is 0 Å². The molecule has 3 aromatic carbocycles. The van der Waals surface area contributed by atoms with Crippen LogP contribution in [0.4, 0.5) is 21.6 Å². The SMILES string of the molecule is CN(C)c1ccc2c(S(=O)(=O)Nc3ccc(-c4nn(C5CCCC5)c5ncnc(N)c45)cc3F)cccc2c1. The van der Waals surface area contributed by atoms with Crippen molar-refractivity contribution in [2.75, 3.05) is 29.5 Å². The average Bonchev–Trinajstić information content (AvgIpc) is 3.58. The van der Waals surface area contributed by atoms with Crippen LogP contribution in [0.5, 0.6) is 0 Å². The number of sulfonamides is 1. The Labute approximate surface area is 225 Å². The molecule has 11 heteroatoms. The lowest BCUT2D eigenvalue weighted by Gasteiger charge is -2.15. The Morgan fingerprint density at radius 1 is 1.05 bits per heavy atom. The molecule has 2 aromatic heterocycles. The van der Waals surface area contributed by atoms with Crippen LogP contribution in [-0.2, 0) is 10.0 Å². The van der Waals surface area contributed by atoms with Gasteiger partial charge in [0.1, 0.15) is 23.7 Å². The molecule has 0 radical (unpaired) electrons. The standard InChI is InChI=1S/C28H28FN7O2S/c1-35(2)20-11-12-21-17(14-20)6-5-9-24(21)39(37,38)34-23-13-10-18(15-22(23)29)26-25-27(30)31-16-32-28(25)36(33-26)19-7-3-4-8-19/h5-6,9-16,19,34H,3-4,7-8H2,1-2H3,(H2,30,31,32). The summed E-state index contributed by atoms with van der Waals surface area (Å²) in [6.07, 6.45) is 5.60. The topological polar surface area (TPSA) is 119 Å². The average molecular weight is 546 g/mol. The van der Waals surface area contributed by atoms with Crippen LogP contribution in [0.1, 0.15) is 31.7 Å². The number of nitrogens with zero attached hydrogens (tertiary/aromatic N) is 5. The highest BCUT2D eigenvalue weighted by molar-refractivity contribution is 7.93. The Hall–Kier alpha value is -4.25. The minimum atomic E-state index is -4.08. The van der Waals surface area contributed by atoms with E-state index in [-0.39, 0.29) is 22.4 Å². The smallest absolute Gasteiger partial charge is 0.262 e. The van der Waals surface area contributed by atoms with E-state index in [0.29, 0.717) is 27.7 Å². The zero-order valence-corrected chi connectivity index (χ0v) is 22.4. The van der Waals surface area contributed by atoms with Gasteiger partial charge < -0.3 is 10.6 Å². The van der Waals surface area contributed by atoms with E-state index in [2.05, 4.69) is 14.7 Å². The van der Waals surface area contributed by atoms with Crippen LogP contribution >= 0.6 is 0 Å². The van der Waals surface area contributed by atoms with Crippen LogP contribution in [-0.4, -0.2) is 42.3 Å². The van der Waals surface area contributed by atoms with Gasteiger partial charge in [0.05, 0.1) is 22.0 Å². The number of rotatable bonds is 6. The fraction of sp³-hybridized carbons (Fsp3) is 0.250. The summed E-state index contributed by atoms with van der Waals surface area (Å²) in [6.45, 7) is 0. The molecule has 0 atom stereocenters. The molecule has 0 aliphatic heterocycles. The second-order valence-electron chi connectivity index (χ2n) is 10.0. The molecule has 200 valence electrons. The molecular formula is C28H28FN7O2S. The van der Waals surface area contributed by atoms with Gasteiger partial charge in [-0.15, -0.1) is 0 Å². The van der Waals surface area contributed by atoms with Crippen molar-refractivity contribution in [2.24, 2.45) is 0 Å². The second kappa shape index (κ2) is 9.49. The highest BCUT2D eigenvalue weighted by Gasteiger charge is 2.25. The first-order chi connectivity index (χ1) is 18.7. The van der Waals surface area contributed by atoms with Crippen molar-refractivity contribution in [3.63, 3.8) is 0 Å². The van der Waals surface area contributed by atoms with Gasteiger partial charge in [0.15, 0.2) is 5.65 Å². The van der Waals surface area contributed by atoms with Gasteiger partial charge in [0, 0.05) is 30.7 Å². The molecule has 1 saturated carbocycles. The van der Waals surface area contributed by atoms with Gasteiger partial charge in [-0.05, 0) is 48.6 Å². The minimum Gasteiger partial charge on any atom is -0.383 e. The zero-order valence-electron chi connectivity index (χ0n) is 21.6. The Morgan fingerprint density at radius 3 is 2.59 bits per heavy atom. The first kappa shape index (κ1) is 25.1. The van der Waals surface area contributed by atoms with E-state index in [0.717, 1.165) is 36.8 Å². The predicted molar refractivity (Wildman–Crippen MR) is 152 cm³/mol. The molecule has 5 aromatic rings. The Bertz CT molecular complexity index is 1830. The van der Waals surface area contributed by atoms with Crippen molar-refractivity contribution >= 4 is 49.0 Å². The van der Waals surface area contributed by atoms with E-state index in [1.807, 2.05) is 41.9 Å². The molecule has 2 heterocycles. The van der Waals surface area contributed by atoms with Crippen LogP contribution in [0.25, 0.3) is 33.1 Å². The summed E-state index contributed by atoms with van der Waals surface area (Å²) in [5.41, 5.74) is 8.52. The monoisotopic (exact) mass is 545 g/mol. The van der Waals surface area contributed by atoms with Gasteiger partial charge in [-0.2, -0.15) is 5.10 Å². The maximum atomic E-state index is 15.4. The van der Waals surface area contributed by atoms with E-state index >= 15 is 4.39 Å². The normalized spacial score (nSPS) is 14.3. The molecule has 0 spiro atoms. The number of nitrogen functional groups attached to an aromatic ring is 1. The molecule has 1 aliphatic carbocycles. The third-order valence-corrected chi connectivity index (χ3v) is 8.73. The highest BCUT2D eigenvalue weighted by atomic mass is 32.2. The van der Waals surface area contributed by atoms with Crippen LogP contribution in [0.2, 0.25) is 0 Å². The van der Waals surface area contributed by atoms with Crippen molar-refractivity contribution in [1.82, 2.24) is 19.7 Å². The van der Waals surface area contributed by atoms with E-state index in [9.17, 15) is 8.42 Å². The van der Waals surface area contributed by atoms with Gasteiger partial charge >= 0.3 is 0 Å². The third kappa shape index (κ3) is 4.42. The maximum absolute atomic E-state index is 15.4. The number of nitrogens with two attached hydrogens (primary N) is 1. The number of benzene rings is 3. The Morgan fingerprint density at radius 2 is 1.85 bits per heavy atom. The molecule has 1 fully saturated rings. The third-order valence-electron chi connectivity index (χ3n) is 7.31. The molecule has 3 N–H and O–H groups in total. The summed E-state index contributed by atoms with van der Waals surface area (Å²) in [6, 6.07) is 15.0. The van der Waals surface area contributed by atoms with E-state index in [4.69, 9.17) is 10.8 Å². The molecule has 9 nitrogen and oxygen atoms in total. The van der Waals surface area contributed by atoms with Crippen molar-refractivity contribution in [3.05, 3.63) is 66.7 Å². The fourth-order valence-corrected chi connectivity index (χ4v) is 6.60. The summed E-state index contributed by atoms with van der Waals surface area (Å²) in [7, 11) is -0.253. The lowest BCUT2D eigenvalue weighted by Crippen LogP contribution is -2.14. The van der Waals surface area contributed by atoms with Crippen LogP contribution < -0.4 is 15.4 Å². The zero-order chi connectivity index (χ0) is 27.3. The van der Waals surface area contributed by atoms with Crippen molar-refractivity contribution in [2.45, 2.75) is 36.6 Å². The number of halogens is 1. The number of anilines is 3. The molecular weight excluding hydrogens is 517 g/mol. The largest absolute Gasteiger partial charge is 0.383 e. The van der Waals surface area contributed by atoms with Crippen molar-refractivity contribution in [3.8, 4) is 11.3 Å². The molecule has 0 bridgehead atoms. The van der Waals surface area contributed by atoms with Gasteiger partial charge in [-0.3, -0.25) is 4.72 Å². The number of hydrogen-bond donors (Lipinski definition) is 2. The molecule has 39 heavy (non-hydrogen) atoms. The van der Waals surface area contributed by atoms with E-state index < -0.39 is 15.8 Å². The second-order valence-corrected chi connectivity index (χ2v) is 11.7. The Balaban J connectivity index is 1.37. The minimum absolute atomic E-state index is 0.0694. The fourth-order valence-electron chi connectivity index (χ4n) is 5.30. The summed E-state index contributed by atoms with van der Waals surface area (Å²) in [5.74, 6) is -0.469. The summed E-state index contributed by atoms with van der Waals surface area (Å²) < 4.78 is 46.5. The predicted octanol–water partition coefficient (Wildman–Crippen LogP) is 5.35. The lowest BCUT2D eigenvalue weighted by atomic mass is 10.1. The highest BCUT2D eigenvalue weighted by Crippen LogP contribution is 2.37. The first-order valence-electron chi connectivity index (χ1n) is 12.7. The van der Waals surface area contributed by atoms with Crippen LogP contribution in [0.3, 0.4) is 0 Å². The Kier molecular flexibility index (Phi) is 6.10.